The van der Waals surface area contributed by atoms with Gasteiger partial charge in [-0.3, -0.25) is 24.2 Å². The van der Waals surface area contributed by atoms with Gasteiger partial charge in [-0.15, -0.1) is 0 Å². The molecule has 3 aromatic rings. The zero-order valence-electron chi connectivity index (χ0n) is 22.8. The van der Waals surface area contributed by atoms with E-state index in [2.05, 4.69) is 20.6 Å². The number of aliphatic carboxylic acids is 3. The second-order valence-electron chi connectivity index (χ2n) is 9.76. The molecule has 224 valence electrons. The molecule has 0 radical (unpaired) electrons. The van der Waals surface area contributed by atoms with Crippen LogP contribution in [-0.2, 0) is 39.1 Å². The molecule has 0 aliphatic heterocycles. The molecule has 2 amide bonds. The van der Waals surface area contributed by atoms with E-state index in [9.17, 15) is 33.9 Å². The summed E-state index contributed by atoms with van der Waals surface area (Å²) in [5.41, 5.74) is 7.80. The number of H-pyrrole nitrogens is 1. The molecule has 1 aromatic carbocycles. The minimum absolute atomic E-state index is 0.0448. The highest BCUT2D eigenvalue weighted by Crippen LogP contribution is 2.18. The van der Waals surface area contributed by atoms with Crippen LogP contribution in [0.1, 0.15) is 53.6 Å². The van der Waals surface area contributed by atoms with Gasteiger partial charge >= 0.3 is 17.9 Å². The van der Waals surface area contributed by atoms with Crippen LogP contribution in [0, 0.1) is 0 Å². The lowest BCUT2D eigenvalue weighted by Gasteiger charge is -2.16. The summed E-state index contributed by atoms with van der Waals surface area (Å²) in [5, 5.41) is 32.4. The van der Waals surface area contributed by atoms with Crippen LogP contribution in [0.4, 0.5) is 5.95 Å². The van der Waals surface area contributed by atoms with Crippen LogP contribution in [0.2, 0.25) is 0 Å². The van der Waals surface area contributed by atoms with Crippen molar-refractivity contribution in [3.05, 3.63) is 57.5 Å². The highest BCUT2D eigenvalue weighted by atomic mass is 16.4. The van der Waals surface area contributed by atoms with Crippen molar-refractivity contribution in [2.45, 2.75) is 57.0 Å². The Morgan fingerprint density at radius 2 is 1.57 bits per heavy atom. The molecule has 15 heteroatoms. The van der Waals surface area contributed by atoms with E-state index in [1.54, 1.807) is 35.9 Å². The number of carbonyl (C=O) groups is 5. The Balaban J connectivity index is 1.52. The first-order valence-corrected chi connectivity index (χ1v) is 13.1. The third kappa shape index (κ3) is 8.39. The molecule has 0 aliphatic rings. The maximum atomic E-state index is 12.7. The molecule has 0 saturated carbocycles. The Morgan fingerprint density at radius 1 is 0.952 bits per heavy atom. The average molecular weight is 585 g/mol. The first kappa shape index (κ1) is 31.3. The van der Waals surface area contributed by atoms with Crippen LogP contribution in [0.3, 0.4) is 0 Å². The molecule has 0 bridgehead atoms. The maximum absolute atomic E-state index is 12.7. The van der Waals surface area contributed by atoms with Gasteiger partial charge in [0.05, 0.1) is 5.39 Å². The summed E-state index contributed by atoms with van der Waals surface area (Å²) in [6, 6.07) is 3.71. The summed E-state index contributed by atoms with van der Waals surface area (Å²) in [6.45, 7) is 0. The second kappa shape index (κ2) is 13.9. The van der Waals surface area contributed by atoms with Crippen molar-refractivity contribution in [1.82, 2.24) is 25.2 Å². The number of carboxylic acid groups (broad SMARTS) is 3. The van der Waals surface area contributed by atoms with Crippen molar-refractivity contribution in [2.24, 2.45) is 7.05 Å². The van der Waals surface area contributed by atoms with Gasteiger partial charge in [0.25, 0.3) is 11.5 Å². The van der Waals surface area contributed by atoms with E-state index in [1.807, 2.05) is 6.20 Å². The van der Waals surface area contributed by atoms with Gasteiger partial charge in [0.1, 0.15) is 17.7 Å². The Hall–Kier alpha value is -5.21. The number of hydrogen-bond donors (Lipinski definition) is 7. The molecule has 8 N–H and O–H groups in total. The summed E-state index contributed by atoms with van der Waals surface area (Å²) < 4.78 is 1.75. The quantitative estimate of drug-likeness (QED) is 0.129. The number of amides is 2. The normalized spacial score (nSPS) is 12.4. The van der Waals surface area contributed by atoms with Crippen molar-refractivity contribution in [3.63, 3.8) is 0 Å². The highest BCUT2D eigenvalue weighted by Gasteiger charge is 2.25. The summed E-state index contributed by atoms with van der Waals surface area (Å²) >= 11 is 0. The van der Waals surface area contributed by atoms with Gasteiger partial charge in [-0.25, -0.2) is 9.59 Å². The van der Waals surface area contributed by atoms with Crippen LogP contribution >= 0.6 is 0 Å². The van der Waals surface area contributed by atoms with Crippen LogP contribution in [0.15, 0.2) is 35.3 Å². The molecule has 0 unspecified atom stereocenters. The largest absolute Gasteiger partial charge is 0.481 e. The number of carbonyl (C=O) groups excluding carboxylic acids is 2. The Kier molecular flexibility index (Phi) is 10.4. The zero-order chi connectivity index (χ0) is 31.0. The topological polar surface area (TPSA) is 247 Å². The number of nitrogens with one attached hydrogen (secondary N) is 3. The smallest absolute Gasteiger partial charge is 0.326 e. The summed E-state index contributed by atoms with van der Waals surface area (Å²) in [4.78, 5) is 77.4. The van der Waals surface area contributed by atoms with Crippen LogP contribution in [0.5, 0.6) is 0 Å². The average Bonchev–Trinajstić information content (AvgIpc) is 3.23. The predicted octanol–water partition coefficient (Wildman–Crippen LogP) is 0.417. The molecule has 0 aliphatic carbocycles. The number of nitrogen functional groups attached to an aromatic ring is 1. The standard InChI is InChI=1S/C27H32N6O9/c1-33-13-16(21-22(33)31-27(28)32-24(21)38)4-2-3-14-5-7-15(8-6-14)23(37)30-18(26(41)42)9-11-19(34)29-17(25(39)40)10-12-20(35)36/h5-8,13,17-18H,2-4,9-12H2,1H3,(H,29,34)(H,30,37)(H,35,36)(H,39,40)(H,41,42)(H3,28,31,32,38)/t17-,18-/m0/s1. The van der Waals surface area contributed by atoms with E-state index in [0.29, 0.717) is 30.3 Å². The number of benzene rings is 1. The third-order valence-electron chi connectivity index (χ3n) is 6.59. The number of aryl methyl sites for hydroxylation is 3. The Morgan fingerprint density at radius 3 is 2.19 bits per heavy atom. The molecule has 42 heavy (non-hydrogen) atoms. The predicted molar refractivity (Wildman–Crippen MR) is 149 cm³/mol. The first-order chi connectivity index (χ1) is 19.8. The minimum atomic E-state index is -1.43. The zero-order valence-corrected chi connectivity index (χ0v) is 22.8. The number of aromatic nitrogens is 3. The number of anilines is 1. The molecular formula is C27H32N6O9. The Bertz CT molecular complexity index is 1540. The number of aromatic amines is 1. The lowest BCUT2D eigenvalue weighted by atomic mass is 10.0. The Labute approximate surface area is 238 Å². The van der Waals surface area contributed by atoms with Crippen molar-refractivity contribution in [2.75, 3.05) is 5.73 Å². The number of fused-ring (bicyclic) bond motifs is 1. The SMILES string of the molecule is Cn1cc(CCCc2ccc(C(=O)N[C@@H](CCC(=O)N[C@@H](CCC(=O)O)C(=O)O)C(=O)O)cc2)c2c(=O)[nH]c(N)nc21. The summed E-state index contributed by atoms with van der Waals surface area (Å²) in [5.74, 6) is -5.42. The van der Waals surface area contributed by atoms with E-state index in [0.717, 1.165) is 11.1 Å². The fraction of sp³-hybridized carbons (Fsp3) is 0.370. The number of hydrogen-bond acceptors (Lipinski definition) is 8. The molecule has 2 heterocycles. The fourth-order valence-electron chi connectivity index (χ4n) is 4.44. The van der Waals surface area contributed by atoms with Crippen molar-refractivity contribution in [3.8, 4) is 0 Å². The molecule has 0 fully saturated rings. The van der Waals surface area contributed by atoms with Gasteiger partial charge in [-0.1, -0.05) is 12.1 Å². The number of carboxylic acids is 3. The number of rotatable bonds is 15. The minimum Gasteiger partial charge on any atom is -0.481 e. The molecule has 3 rings (SSSR count). The van der Waals surface area contributed by atoms with Crippen molar-refractivity contribution in [1.29, 1.82) is 0 Å². The van der Waals surface area contributed by atoms with Crippen LogP contribution < -0.4 is 21.9 Å². The van der Waals surface area contributed by atoms with E-state index in [-0.39, 0.29) is 29.9 Å². The second-order valence-corrected chi connectivity index (χ2v) is 9.76. The van der Waals surface area contributed by atoms with E-state index >= 15 is 0 Å². The first-order valence-electron chi connectivity index (χ1n) is 13.1. The number of nitrogens with zero attached hydrogens (tertiary/aromatic N) is 2. The fourth-order valence-corrected chi connectivity index (χ4v) is 4.44. The highest BCUT2D eigenvalue weighted by molar-refractivity contribution is 5.96. The van der Waals surface area contributed by atoms with Gasteiger partial charge in [0.2, 0.25) is 11.9 Å². The van der Waals surface area contributed by atoms with Crippen LogP contribution in [0.25, 0.3) is 11.0 Å². The van der Waals surface area contributed by atoms with Gasteiger partial charge in [-0.05, 0) is 55.4 Å². The van der Waals surface area contributed by atoms with E-state index < -0.39 is 54.6 Å². The van der Waals surface area contributed by atoms with Gasteiger partial charge in [0, 0.05) is 31.6 Å². The summed E-state index contributed by atoms with van der Waals surface area (Å²) in [6.07, 6.45) is 2.28. The molecular weight excluding hydrogens is 552 g/mol. The molecule has 0 saturated heterocycles. The molecule has 0 spiro atoms. The molecule has 15 nitrogen and oxygen atoms in total. The van der Waals surface area contributed by atoms with Gasteiger partial charge in [-0.2, -0.15) is 4.98 Å². The molecule has 2 aromatic heterocycles. The van der Waals surface area contributed by atoms with E-state index in [4.69, 9.17) is 15.9 Å². The van der Waals surface area contributed by atoms with E-state index in [1.165, 1.54) is 0 Å². The van der Waals surface area contributed by atoms with Crippen LogP contribution in [-0.4, -0.2) is 71.7 Å². The number of nitrogens with two attached hydrogens (primary N) is 1. The van der Waals surface area contributed by atoms with Crippen molar-refractivity contribution >= 4 is 46.7 Å². The lowest BCUT2D eigenvalue weighted by Crippen LogP contribution is -2.44. The summed E-state index contributed by atoms with van der Waals surface area (Å²) in [7, 11) is 1.78. The van der Waals surface area contributed by atoms with Gasteiger partial charge in [0.15, 0.2) is 0 Å². The van der Waals surface area contributed by atoms with Crippen molar-refractivity contribution < 1.29 is 39.3 Å². The third-order valence-corrected chi connectivity index (χ3v) is 6.59. The monoisotopic (exact) mass is 584 g/mol. The maximum Gasteiger partial charge on any atom is 0.326 e. The molecule has 2 atom stereocenters. The lowest BCUT2D eigenvalue weighted by molar-refractivity contribution is -0.143. The van der Waals surface area contributed by atoms with Gasteiger partial charge < -0.3 is 36.3 Å².